The zero-order chi connectivity index (χ0) is 19.1. The summed E-state index contributed by atoms with van der Waals surface area (Å²) in [5.74, 6) is 0.588. The molecule has 0 unspecified atom stereocenters. The highest BCUT2D eigenvalue weighted by Crippen LogP contribution is 2.21. The van der Waals surface area contributed by atoms with Gasteiger partial charge in [-0.05, 0) is 31.7 Å². The van der Waals surface area contributed by atoms with Gasteiger partial charge in [0, 0.05) is 45.8 Å². The second-order valence-electron chi connectivity index (χ2n) is 6.40. The van der Waals surface area contributed by atoms with Gasteiger partial charge < -0.3 is 16.4 Å². The van der Waals surface area contributed by atoms with Gasteiger partial charge in [-0.15, -0.1) is 0 Å². The van der Waals surface area contributed by atoms with Crippen LogP contribution in [0.3, 0.4) is 0 Å². The molecule has 0 amide bonds. The molecule has 0 bridgehead atoms. The van der Waals surface area contributed by atoms with Crippen LogP contribution in [0.5, 0.6) is 0 Å². The number of nitrogens with zero attached hydrogens (tertiary/aromatic N) is 5. The Kier molecular flexibility index (Phi) is 7.17. The van der Waals surface area contributed by atoms with Crippen molar-refractivity contribution in [3.05, 3.63) is 41.9 Å². The first-order chi connectivity index (χ1) is 12.5. The number of aromatic nitrogens is 3. The summed E-state index contributed by atoms with van der Waals surface area (Å²) in [5, 5.41) is 4.21. The van der Waals surface area contributed by atoms with E-state index in [0.29, 0.717) is 5.82 Å². The van der Waals surface area contributed by atoms with Crippen LogP contribution in [0.4, 0.5) is 11.5 Å². The minimum Gasteiger partial charge on any atom is -0.382 e. The van der Waals surface area contributed by atoms with Crippen molar-refractivity contribution in [2.45, 2.75) is 20.4 Å². The quantitative estimate of drug-likeness (QED) is 0.865. The summed E-state index contributed by atoms with van der Waals surface area (Å²) < 4.78 is 1.86. The van der Waals surface area contributed by atoms with Gasteiger partial charge in [-0.1, -0.05) is 13.5 Å². The summed E-state index contributed by atoms with van der Waals surface area (Å²) >= 11 is 0. The fourth-order valence-electron chi connectivity index (χ4n) is 3.08. The van der Waals surface area contributed by atoms with E-state index in [-0.39, 0.29) is 0 Å². The lowest BCUT2D eigenvalue weighted by molar-refractivity contribution is 0.243. The number of hydrogen-bond acceptors (Lipinski definition) is 6. The van der Waals surface area contributed by atoms with Crippen molar-refractivity contribution >= 4 is 17.6 Å². The Bertz CT molecular complexity index is 715. The topological polar surface area (TPSA) is 89.2 Å². The molecule has 2 aromatic heterocycles. The maximum atomic E-state index is 5.75. The van der Waals surface area contributed by atoms with E-state index in [0.717, 1.165) is 56.4 Å². The molecule has 3 rings (SSSR count). The molecule has 7 nitrogen and oxygen atoms in total. The second-order valence-corrected chi connectivity index (χ2v) is 6.40. The van der Waals surface area contributed by atoms with Gasteiger partial charge in [0.2, 0.25) is 0 Å². The average Bonchev–Trinajstić information content (AvgIpc) is 2.93. The Balaban J connectivity index is 0.000000758. The van der Waals surface area contributed by atoms with Gasteiger partial charge in [0.05, 0.1) is 22.8 Å². The van der Waals surface area contributed by atoms with Gasteiger partial charge in [-0.2, -0.15) is 5.10 Å². The Hall–Kier alpha value is -2.38. The van der Waals surface area contributed by atoms with E-state index in [9.17, 15) is 0 Å². The number of hydrogen-bond donors (Lipinski definition) is 2. The largest absolute Gasteiger partial charge is 0.382 e. The van der Waals surface area contributed by atoms with Crippen LogP contribution in [-0.2, 0) is 13.6 Å². The van der Waals surface area contributed by atoms with Gasteiger partial charge >= 0.3 is 0 Å². The molecule has 2 aromatic rings. The van der Waals surface area contributed by atoms with Crippen molar-refractivity contribution in [1.29, 1.82) is 0 Å². The summed E-state index contributed by atoms with van der Waals surface area (Å²) in [7, 11) is 1.94. The van der Waals surface area contributed by atoms with Crippen LogP contribution in [0.2, 0.25) is 0 Å². The van der Waals surface area contributed by atoms with Gasteiger partial charge in [0.1, 0.15) is 5.82 Å². The van der Waals surface area contributed by atoms with Crippen LogP contribution in [0.15, 0.2) is 24.8 Å². The van der Waals surface area contributed by atoms with E-state index >= 15 is 0 Å². The zero-order valence-electron chi connectivity index (χ0n) is 16.1. The minimum absolute atomic E-state index is 0.588. The van der Waals surface area contributed by atoms with E-state index < -0.39 is 0 Å². The maximum Gasteiger partial charge on any atom is 0.145 e. The van der Waals surface area contributed by atoms with Crippen molar-refractivity contribution in [3.63, 3.8) is 0 Å². The van der Waals surface area contributed by atoms with Gasteiger partial charge in [-0.25, -0.2) is 0 Å². The first-order valence-electron chi connectivity index (χ1n) is 9.04. The first-order valence-corrected chi connectivity index (χ1v) is 9.04. The monoisotopic (exact) mass is 357 g/mol. The Morgan fingerprint density at radius 3 is 2.38 bits per heavy atom. The molecular weight excluding hydrogens is 326 g/mol. The number of piperazine rings is 1. The third-order valence-electron chi connectivity index (χ3n) is 4.38. The normalized spacial score (nSPS) is 14.7. The molecule has 1 aliphatic rings. The highest BCUT2D eigenvalue weighted by atomic mass is 15.3. The molecule has 0 aromatic carbocycles. The van der Waals surface area contributed by atoms with Crippen molar-refractivity contribution in [3.8, 4) is 0 Å². The summed E-state index contributed by atoms with van der Waals surface area (Å²) in [5.41, 5.74) is 15.0. The molecule has 0 atom stereocenters. The smallest absolute Gasteiger partial charge is 0.145 e. The van der Waals surface area contributed by atoms with Crippen LogP contribution in [0.25, 0.3) is 6.08 Å². The molecule has 1 saturated heterocycles. The average molecular weight is 358 g/mol. The Morgan fingerprint density at radius 1 is 1.23 bits per heavy atom. The fourth-order valence-corrected chi connectivity index (χ4v) is 3.08. The number of nitrogens with two attached hydrogens (primary N) is 2. The third kappa shape index (κ3) is 5.06. The molecule has 1 fully saturated rings. The molecular formula is C19H31N7. The van der Waals surface area contributed by atoms with E-state index in [2.05, 4.69) is 39.5 Å². The van der Waals surface area contributed by atoms with E-state index in [1.54, 1.807) is 6.08 Å². The fraction of sp³-hybridized carbons (Fsp3) is 0.474. The predicted octanol–water partition coefficient (Wildman–Crippen LogP) is 1.64. The van der Waals surface area contributed by atoms with Gasteiger partial charge in [0.25, 0.3) is 0 Å². The summed E-state index contributed by atoms with van der Waals surface area (Å²) in [4.78, 5) is 9.41. The molecule has 3 heterocycles. The number of anilines is 2. The third-order valence-corrected chi connectivity index (χ3v) is 4.38. The van der Waals surface area contributed by atoms with Crippen molar-refractivity contribution in [1.82, 2.24) is 19.7 Å². The number of rotatable bonds is 4. The molecule has 0 aliphatic carbocycles. The lowest BCUT2D eigenvalue weighted by Crippen LogP contribution is -2.46. The highest BCUT2D eigenvalue weighted by Gasteiger charge is 2.20. The van der Waals surface area contributed by atoms with Gasteiger partial charge in [0.15, 0.2) is 0 Å². The molecule has 4 N–H and O–H groups in total. The van der Waals surface area contributed by atoms with Crippen LogP contribution >= 0.6 is 0 Å². The number of pyridine rings is 1. The molecule has 0 radical (unpaired) electrons. The van der Waals surface area contributed by atoms with Crippen LogP contribution < -0.4 is 16.4 Å². The zero-order valence-corrected chi connectivity index (χ0v) is 16.1. The van der Waals surface area contributed by atoms with Crippen LogP contribution in [-0.4, -0.2) is 52.4 Å². The SMILES string of the molecule is C=Cc1ccc(N2CCN(Cc3cc(N)nn3C)CC2)c(C)n1.CCN. The molecule has 0 saturated carbocycles. The maximum absolute atomic E-state index is 5.75. The minimum atomic E-state index is 0.588. The van der Waals surface area contributed by atoms with Crippen LogP contribution in [0, 0.1) is 6.92 Å². The lowest BCUT2D eigenvalue weighted by Gasteiger charge is -2.36. The number of aryl methyl sites for hydroxylation is 2. The Labute approximate surface area is 156 Å². The molecule has 26 heavy (non-hydrogen) atoms. The predicted molar refractivity (Wildman–Crippen MR) is 109 cm³/mol. The van der Waals surface area contributed by atoms with Crippen LogP contribution in [0.1, 0.15) is 24.0 Å². The molecule has 0 spiro atoms. The lowest BCUT2D eigenvalue weighted by atomic mass is 10.2. The molecule has 1 aliphatic heterocycles. The van der Waals surface area contributed by atoms with Crippen molar-refractivity contribution < 1.29 is 0 Å². The Morgan fingerprint density at radius 2 is 1.88 bits per heavy atom. The standard InChI is InChI=1S/C17H24N6.C2H7N/c1-4-14-5-6-16(13(2)19-14)23-9-7-22(8-10-23)12-15-11-17(18)20-21(15)3;1-2-3/h4-6,11H,1,7-10,12H2,2-3H3,(H2,18,20);2-3H2,1H3. The highest BCUT2D eigenvalue weighted by molar-refractivity contribution is 5.55. The van der Waals surface area contributed by atoms with E-state index in [4.69, 9.17) is 11.5 Å². The second kappa shape index (κ2) is 9.35. The molecule has 142 valence electrons. The molecule has 7 heteroatoms. The van der Waals surface area contributed by atoms with Crippen molar-refractivity contribution in [2.24, 2.45) is 12.8 Å². The van der Waals surface area contributed by atoms with Gasteiger partial charge in [-0.3, -0.25) is 14.6 Å². The summed E-state index contributed by atoms with van der Waals surface area (Å²) in [6.45, 7) is 13.4. The van der Waals surface area contributed by atoms with E-state index in [1.165, 1.54) is 5.69 Å². The first kappa shape index (κ1) is 19.9. The van der Waals surface area contributed by atoms with E-state index in [1.807, 2.05) is 30.8 Å². The number of nitrogen functional groups attached to an aromatic ring is 1. The summed E-state index contributed by atoms with van der Waals surface area (Å²) in [6.07, 6.45) is 1.79. The summed E-state index contributed by atoms with van der Waals surface area (Å²) in [6, 6.07) is 6.13. The van der Waals surface area contributed by atoms with Crippen molar-refractivity contribution in [2.75, 3.05) is 43.4 Å².